The van der Waals surface area contributed by atoms with E-state index in [0.29, 0.717) is 17.1 Å². The smallest absolute Gasteiger partial charge is 0.497 e. The monoisotopic (exact) mass is 402 g/mol. The third-order valence-corrected chi connectivity index (χ3v) is 3.97. The molecule has 3 aromatic rings. The largest absolute Gasteiger partial charge is 0.521 e. The Morgan fingerprint density at radius 3 is 2.24 bits per heavy atom. The van der Waals surface area contributed by atoms with Crippen LogP contribution in [0.3, 0.4) is 0 Å². The van der Waals surface area contributed by atoms with Gasteiger partial charge >= 0.3 is 6.16 Å². The molecule has 0 aliphatic carbocycles. The van der Waals surface area contributed by atoms with Gasteiger partial charge in [-0.15, -0.1) is 0 Å². The summed E-state index contributed by atoms with van der Waals surface area (Å²) >= 11 is 3.31. The topological polar surface area (TPSA) is 57.9 Å². The van der Waals surface area contributed by atoms with Crippen molar-refractivity contribution >= 4 is 22.1 Å². The summed E-state index contributed by atoms with van der Waals surface area (Å²) in [5, 5.41) is 0. The molecular formula is C19H15BrO5. The maximum Gasteiger partial charge on any atom is 0.521 e. The number of halogens is 1. The molecule has 6 heteroatoms. The first kappa shape index (κ1) is 17.1. The third-order valence-electron chi connectivity index (χ3n) is 3.44. The van der Waals surface area contributed by atoms with Crippen molar-refractivity contribution in [2.45, 2.75) is 6.92 Å². The van der Waals surface area contributed by atoms with Gasteiger partial charge in [-0.3, -0.25) is 0 Å². The maximum atomic E-state index is 11.9. The number of hydrogen-bond donors (Lipinski definition) is 0. The van der Waals surface area contributed by atoms with Crippen LogP contribution >= 0.6 is 15.9 Å². The first-order valence-electron chi connectivity index (χ1n) is 7.45. The lowest BCUT2D eigenvalue weighted by Crippen LogP contribution is -2.13. The zero-order chi connectivity index (χ0) is 17.8. The standard InChI is InChI=1S/C19H15BrO5/c1-12-11-17(13-3-7-15(22-2)8-4-13)24-18(12)25-19(21)23-16-9-5-14(20)6-10-16/h3-11H,1-2H3. The van der Waals surface area contributed by atoms with E-state index in [1.165, 1.54) is 0 Å². The minimum absolute atomic E-state index is 0.105. The number of methoxy groups -OCH3 is 1. The van der Waals surface area contributed by atoms with Crippen LogP contribution in [0.5, 0.6) is 17.4 Å². The van der Waals surface area contributed by atoms with Crippen LogP contribution in [-0.4, -0.2) is 13.3 Å². The molecule has 25 heavy (non-hydrogen) atoms. The summed E-state index contributed by atoms with van der Waals surface area (Å²) in [5.74, 6) is 1.83. The van der Waals surface area contributed by atoms with Crippen molar-refractivity contribution in [2.24, 2.45) is 0 Å². The Labute approximate surface area is 153 Å². The van der Waals surface area contributed by atoms with Gasteiger partial charge in [-0.25, -0.2) is 4.79 Å². The average Bonchev–Trinajstić information content (AvgIpc) is 2.97. The van der Waals surface area contributed by atoms with Crippen LogP contribution in [0.2, 0.25) is 0 Å². The van der Waals surface area contributed by atoms with Crippen LogP contribution in [-0.2, 0) is 0 Å². The van der Waals surface area contributed by atoms with Gasteiger partial charge in [0.05, 0.1) is 7.11 Å². The number of furan rings is 1. The highest BCUT2D eigenvalue weighted by Crippen LogP contribution is 2.31. The predicted octanol–water partition coefficient (Wildman–Crippen LogP) is 5.60. The zero-order valence-electron chi connectivity index (χ0n) is 13.6. The summed E-state index contributed by atoms with van der Waals surface area (Å²) < 4.78 is 21.9. The van der Waals surface area contributed by atoms with E-state index in [4.69, 9.17) is 18.6 Å². The molecule has 0 aliphatic rings. The molecule has 0 spiro atoms. The summed E-state index contributed by atoms with van der Waals surface area (Å²) in [7, 11) is 1.61. The molecule has 1 heterocycles. The van der Waals surface area contributed by atoms with E-state index in [0.717, 1.165) is 15.8 Å². The first-order valence-corrected chi connectivity index (χ1v) is 8.24. The Bertz CT molecular complexity index is 866. The number of hydrogen-bond acceptors (Lipinski definition) is 5. The molecule has 0 fully saturated rings. The molecule has 2 aromatic carbocycles. The maximum absolute atomic E-state index is 11.9. The normalized spacial score (nSPS) is 10.4. The van der Waals surface area contributed by atoms with Gasteiger partial charge in [0.15, 0.2) is 0 Å². The summed E-state index contributed by atoms with van der Waals surface area (Å²) in [6, 6.07) is 16.0. The van der Waals surface area contributed by atoms with Crippen LogP contribution in [0.25, 0.3) is 11.3 Å². The van der Waals surface area contributed by atoms with Crippen LogP contribution in [0.4, 0.5) is 4.79 Å². The first-order chi connectivity index (χ1) is 12.0. The fourth-order valence-electron chi connectivity index (χ4n) is 2.16. The Hall–Kier alpha value is -2.73. The SMILES string of the molecule is COc1ccc(-c2cc(C)c(OC(=O)Oc3ccc(Br)cc3)o2)cc1. The molecule has 0 aliphatic heterocycles. The van der Waals surface area contributed by atoms with Crippen molar-refractivity contribution in [2.75, 3.05) is 7.11 Å². The average molecular weight is 403 g/mol. The number of aryl methyl sites for hydroxylation is 1. The molecule has 1 aromatic heterocycles. The molecule has 0 bridgehead atoms. The Morgan fingerprint density at radius 1 is 0.960 bits per heavy atom. The van der Waals surface area contributed by atoms with E-state index >= 15 is 0 Å². The van der Waals surface area contributed by atoms with E-state index < -0.39 is 6.16 Å². The van der Waals surface area contributed by atoms with Gasteiger partial charge in [0, 0.05) is 15.6 Å². The van der Waals surface area contributed by atoms with Gasteiger partial charge in [0.1, 0.15) is 17.3 Å². The van der Waals surface area contributed by atoms with E-state index in [1.807, 2.05) is 24.3 Å². The number of rotatable bonds is 4. The fourth-order valence-corrected chi connectivity index (χ4v) is 2.42. The Kier molecular flexibility index (Phi) is 5.09. The highest BCUT2D eigenvalue weighted by atomic mass is 79.9. The van der Waals surface area contributed by atoms with Gasteiger partial charge in [0.2, 0.25) is 0 Å². The minimum Gasteiger partial charge on any atom is -0.497 e. The molecule has 5 nitrogen and oxygen atoms in total. The second kappa shape index (κ2) is 7.44. The van der Waals surface area contributed by atoms with Gasteiger partial charge in [-0.1, -0.05) is 15.9 Å². The lowest BCUT2D eigenvalue weighted by atomic mass is 10.1. The number of ether oxygens (including phenoxy) is 3. The van der Waals surface area contributed by atoms with Gasteiger partial charge in [-0.05, 0) is 61.5 Å². The summed E-state index contributed by atoms with van der Waals surface area (Å²) in [6.45, 7) is 1.79. The van der Waals surface area contributed by atoms with Crippen molar-refractivity contribution in [1.29, 1.82) is 0 Å². The number of carbonyl (C=O) groups excluding carboxylic acids is 1. The second-order valence-electron chi connectivity index (χ2n) is 5.22. The molecule has 0 atom stereocenters. The van der Waals surface area contributed by atoms with Crippen LogP contribution in [0.1, 0.15) is 5.56 Å². The molecule has 0 unspecified atom stereocenters. The summed E-state index contributed by atoms with van der Waals surface area (Å²) in [4.78, 5) is 11.9. The lowest BCUT2D eigenvalue weighted by molar-refractivity contribution is 0.140. The van der Waals surface area contributed by atoms with E-state index in [2.05, 4.69) is 15.9 Å². The van der Waals surface area contributed by atoms with Gasteiger partial charge in [0.25, 0.3) is 5.95 Å². The Morgan fingerprint density at radius 2 is 1.60 bits per heavy atom. The van der Waals surface area contributed by atoms with Gasteiger partial charge in [-0.2, -0.15) is 0 Å². The minimum atomic E-state index is -0.860. The number of benzene rings is 2. The highest BCUT2D eigenvalue weighted by Gasteiger charge is 2.16. The van der Waals surface area contributed by atoms with Crippen molar-refractivity contribution in [3.63, 3.8) is 0 Å². The predicted molar refractivity (Wildman–Crippen MR) is 96.2 cm³/mol. The second-order valence-corrected chi connectivity index (χ2v) is 6.13. The zero-order valence-corrected chi connectivity index (χ0v) is 15.2. The van der Waals surface area contributed by atoms with Crippen molar-refractivity contribution in [1.82, 2.24) is 0 Å². The quantitative estimate of drug-likeness (QED) is 0.419. The van der Waals surface area contributed by atoms with Gasteiger partial charge < -0.3 is 18.6 Å². The molecule has 0 saturated heterocycles. The third kappa shape index (κ3) is 4.22. The van der Waals surface area contributed by atoms with E-state index in [9.17, 15) is 4.79 Å². The molecule has 128 valence electrons. The molecule has 0 saturated carbocycles. The molecule has 0 radical (unpaired) electrons. The number of carbonyl (C=O) groups is 1. The molecule has 0 N–H and O–H groups in total. The highest BCUT2D eigenvalue weighted by molar-refractivity contribution is 9.10. The van der Waals surface area contributed by atoms with Crippen molar-refractivity contribution < 1.29 is 23.4 Å². The van der Waals surface area contributed by atoms with E-state index in [-0.39, 0.29) is 5.95 Å². The molecular weight excluding hydrogens is 388 g/mol. The summed E-state index contributed by atoms with van der Waals surface area (Å²) in [6.07, 6.45) is -0.860. The van der Waals surface area contributed by atoms with E-state index in [1.54, 1.807) is 44.4 Å². The molecule has 0 amide bonds. The lowest BCUT2D eigenvalue weighted by Gasteiger charge is -2.04. The molecule has 3 rings (SSSR count). The van der Waals surface area contributed by atoms with Crippen molar-refractivity contribution in [3.05, 3.63) is 64.6 Å². The Balaban J connectivity index is 1.71. The van der Waals surface area contributed by atoms with Crippen LogP contribution < -0.4 is 14.2 Å². The van der Waals surface area contributed by atoms with Crippen LogP contribution in [0.15, 0.2) is 63.5 Å². The summed E-state index contributed by atoms with van der Waals surface area (Å²) in [5.41, 5.74) is 1.54. The fraction of sp³-hybridized carbons (Fsp3) is 0.105. The van der Waals surface area contributed by atoms with Crippen molar-refractivity contribution in [3.8, 4) is 28.8 Å². The van der Waals surface area contributed by atoms with Crippen LogP contribution in [0, 0.1) is 6.92 Å².